The average Bonchev–Trinajstić information content (AvgIpc) is 3.63. The van der Waals surface area contributed by atoms with Gasteiger partial charge < -0.3 is 25.0 Å². The van der Waals surface area contributed by atoms with Gasteiger partial charge in [0.05, 0.1) is 0 Å². The molecule has 2 fully saturated rings. The third-order valence-corrected chi connectivity index (χ3v) is 8.46. The highest BCUT2D eigenvalue weighted by atomic mass is 35.5. The predicted octanol–water partition coefficient (Wildman–Crippen LogP) is 5.25. The molecule has 0 bridgehead atoms. The molecule has 2 aromatic carbocycles. The number of nitrogens with zero attached hydrogens (tertiary/aromatic N) is 2. The standard InChI is InChI=1S/C31H43ClN4O3/c32-26-11-8-24(9-12-26)22-33-31(37)34-27(20-25-10-13-29-30(21-25)39-19-18-38-29)23-36-17-5-7-28(36)6-1-2-14-35-15-3-4-16-35/h8-13,21,27-28H,1-7,14-20,22-23H2,(H2,33,34,37). The molecule has 0 spiro atoms. The van der Waals surface area contributed by atoms with Crippen molar-refractivity contribution in [1.29, 1.82) is 0 Å². The van der Waals surface area contributed by atoms with Gasteiger partial charge >= 0.3 is 6.03 Å². The van der Waals surface area contributed by atoms with Gasteiger partial charge in [0.25, 0.3) is 0 Å². The number of amides is 2. The molecule has 3 aliphatic heterocycles. The minimum Gasteiger partial charge on any atom is -0.486 e. The van der Waals surface area contributed by atoms with Crippen molar-refractivity contribution in [2.45, 2.75) is 70.0 Å². The van der Waals surface area contributed by atoms with Gasteiger partial charge in [0, 0.05) is 30.2 Å². The van der Waals surface area contributed by atoms with Gasteiger partial charge in [-0.15, -0.1) is 0 Å². The molecule has 0 aromatic heterocycles. The first-order valence-electron chi connectivity index (χ1n) is 14.8. The molecule has 2 N–H and O–H groups in total. The number of hydrogen-bond acceptors (Lipinski definition) is 5. The molecule has 0 radical (unpaired) electrons. The summed E-state index contributed by atoms with van der Waals surface area (Å²) in [5.74, 6) is 1.59. The first kappa shape index (κ1) is 28.1. The van der Waals surface area contributed by atoms with Gasteiger partial charge in [0.15, 0.2) is 11.5 Å². The van der Waals surface area contributed by atoms with Crippen LogP contribution in [0.4, 0.5) is 4.79 Å². The Hall–Kier alpha value is -2.48. The Bertz CT molecular complexity index is 1060. The number of unbranched alkanes of at least 4 members (excludes halogenated alkanes) is 1. The number of benzene rings is 2. The molecule has 5 rings (SSSR count). The summed E-state index contributed by atoms with van der Waals surface area (Å²) in [7, 11) is 0. The maximum absolute atomic E-state index is 13.0. The summed E-state index contributed by atoms with van der Waals surface area (Å²) in [5, 5.41) is 7.00. The summed E-state index contributed by atoms with van der Waals surface area (Å²) >= 11 is 6.00. The van der Waals surface area contributed by atoms with Crippen LogP contribution in [-0.4, -0.2) is 73.9 Å². The summed E-state index contributed by atoms with van der Waals surface area (Å²) in [6.45, 7) is 7.36. The van der Waals surface area contributed by atoms with E-state index in [1.54, 1.807) is 0 Å². The van der Waals surface area contributed by atoms with Crippen molar-refractivity contribution < 1.29 is 14.3 Å². The monoisotopic (exact) mass is 554 g/mol. The van der Waals surface area contributed by atoms with E-state index in [4.69, 9.17) is 21.1 Å². The number of urea groups is 1. The molecule has 2 unspecified atom stereocenters. The molecule has 0 saturated carbocycles. The number of carbonyl (C=O) groups excluding carboxylic acids is 1. The smallest absolute Gasteiger partial charge is 0.315 e. The van der Waals surface area contributed by atoms with E-state index in [1.165, 1.54) is 64.6 Å². The molecule has 2 amide bonds. The zero-order valence-electron chi connectivity index (χ0n) is 23.0. The lowest BCUT2D eigenvalue weighted by atomic mass is 10.0. The highest BCUT2D eigenvalue weighted by molar-refractivity contribution is 6.30. The Kier molecular flexibility index (Phi) is 10.2. The number of halogens is 1. The van der Waals surface area contributed by atoms with Crippen LogP contribution in [0, 0.1) is 0 Å². The fourth-order valence-electron chi connectivity index (χ4n) is 6.15. The maximum atomic E-state index is 13.0. The minimum absolute atomic E-state index is 0.0111. The molecule has 0 aliphatic carbocycles. The van der Waals surface area contributed by atoms with Crippen molar-refractivity contribution in [3.05, 3.63) is 58.6 Å². The first-order valence-corrected chi connectivity index (χ1v) is 15.1. The van der Waals surface area contributed by atoms with Crippen molar-refractivity contribution in [3.63, 3.8) is 0 Å². The van der Waals surface area contributed by atoms with Crippen molar-refractivity contribution in [1.82, 2.24) is 20.4 Å². The molecule has 3 heterocycles. The molecule has 7 nitrogen and oxygen atoms in total. The average molecular weight is 555 g/mol. The van der Waals surface area contributed by atoms with E-state index >= 15 is 0 Å². The van der Waals surface area contributed by atoms with E-state index in [0.717, 1.165) is 42.1 Å². The largest absolute Gasteiger partial charge is 0.486 e. The molecule has 39 heavy (non-hydrogen) atoms. The van der Waals surface area contributed by atoms with Crippen LogP contribution in [0.3, 0.4) is 0 Å². The predicted molar refractivity (Wildman–Crippen MR) is 156 cm³/mol. The number of ether oxygens (including phenoxy) is 2. The summed E-state index contributed by atoms with van der Waals surface area (Å²) in [5.41, 5.74) is 2.16. The minimum atomic E-state index is -0.145. The van der Waals surface area contributed by atoms with Gasteiger partial charge in [-0.1, -0.05) is 36.2 Å². The Morgan fingerprint density at radius 3 is 2.54 bits per heavy atom. The van der Waals surface area contributed by atoms with Crippen LogP contribution in [-0.2, 0) is 13.0 Å². The van der Waals surface area contributed by atoms with E-state index in [2.05, 4.69) is 32.6 Å². The third-order valence-electron chi connectivity index (χ3n) is 8.20. The number of hydrogen-bond donors (Lipinski definition) is 2. The van der Waals surface area contributed by atoms with Crippen LogP contribution in [0.15, 0.2) is 42.5 Å². The van der Waals surface area contributed by atoms with Gasteiger partial charge in [-0.2, -0.15) is 0 Å². The quantitative estimate of drug-likeness (QED) is 0.351. The zero-order valence-corrected chi connectivity index (χ0v) is 23.8. The molecular weight excluding hydrogens is 512 g/mol. The Balaban J connectivity index is 1.18. The van der Waals surface area contributed by atoms with Gasteiger partial charge in [-0.25, -0.2) is 4.79 Å². The van der Waals surface area contributed by atoms with Crippen LogP contribution < -0.4 is 20.1 Å². The van der Waals surface area contributed by atoms with Gasteiger partial charge in [-0.3, -0.25) is 4.90 Å². The number of carbonyl (C=O) groups is 1. The normalized spacial score (nSPS) is 20.2. The fraction of sp³-hybridized carbons (Fsp3) is 0.581. The lowest BCUT2D eigenvalue weighted by Crippen LogP contribution is -2.49. The Morgan fingerprint density at radius 2 is 1.72 bits per heavy atom. The first-order chi connectivity index (χ1) is 19.1. The second kappa shape index (κ2) is 14.2. The van der Waals surface area contributed by atoms with E-state index < -0.39 is 0 Å². The van der Waals surface area contributed by atoms with Crippen molar-refractivity contribution in [2.75, 3.05) is 45.9 Å². The molecule has 8 heteroatoms. The second-order valence-electron chi connectivity index (χ2n) is 11.2. The van der Waals surface area contributed by atoms with E-state index in [9.17, 15) is 4.79 Å². The number of fused-ring (bicyclic) bond motifs is 1. The fourth-order valence-corrected chi connectivity index (χ4v) is 6.27. The van der Waals surface area contributed by atoms with Crippen LogP contribution in [0.5, 0.6) is 11.5 Å². The number of rotatable bonds is 12. The maximum Gasteiger partial charge on any atom is 0.315 e. The molecule has 2 aromatic rings. The topological polar surface area (TPSA) is 66.1 Å². The van der Waals surface area contributed by atoms with Crippen LogP contribution in [0.1, 0.15) is 56.1 Å². The van der Waals surface area contributed by atoms with Crippen LogP contribution in [0.25, 0.3) is 0 Å². The van der Waals surface area contributed by atoms with Crippen molar-refractivity contribution in [2.24, 2.45) is 0 Å². The lowest BCUT2D eigenvalue weighted by molar-refractivity contribution is 0.171. The highest BCUT2D eigenvalue weighted by Gasteiger charge is 2.28. The van der Waals surface area contributed by atoms with Gasteiger partial charge in [0.1, 0.15) is 13.2 Å². The Morgan fingerprint density at radius 1 is 0.949 bits per heavy atom. The number of nitrogens with one attached hydrogen (secondary N) is 2. The highest BCUT2D eigenvalue weighted by Crippen LogP contribution is 2.31. The molecule has 3 aliphatic rings. The van der Waals surface area contributed by atoms with E-state index in [1.807, 2.05) is 30.3 Å². The second-order valence-corrected chi connectivity index (χ2v) is 11.6. The van der Waals surface area contributed by atoms with E-state index in [-0.39, 0.29) is 12.1 Å². The molecule has 2 saturated heterocycles. The summed E-state index contributed by atoms with van der Waals surface area (Å²) in [6, 6.07) is 14.2. The van der Waals surface area contributed by atoms with Crippen LogP contribution in [0.2, 0.25) is 5.02 Å². The Labute approximate surface area is 238 Å². The van der Waals surface area contributed by atoms with Gasteiger partial charge in [-0.05, 0) is 107 Å². The molecular formula is C31H43ClN4O3. The third kappa shape index (κ3) is 8.50. The van der Waals surface area contributed by atoms with E-state index in [0.29, 0.717) is 30.8 Å². The molecule has 212 valence electrons. The SMILES string of the molecule is O=C(NCc1ccc(Cl)cc1)NC(Cc1ccc2c(c1)OCCO2)CN1CCCC1CCCCN1CCCC1. The van der Waals surface area contributed by atoms with Crippen molar-refractivity contribution in [3.8, 4) is 11.5 Å². The number of likely N-dealkylation sites (tertiary alicyclic amines) is 2. The molecule has 2 atom stereocenters. The summed E-state index contributed by atoms with van der Waals surface area (Å²) in [6.07, 6.45) is 9.76. The lowest BCUT2D eigenvalue weighted by Gasteiger charge is -2.30. The van der Waals surface area contributed by atoms with Crippen molar-refractivity contribution >= 4 is 17.6 Å². The van der Waals surface area contributed by atoms with Gasteiger partial charge in [0.2, 0.25) is 0 Å². The summed E-state index contributed by atoms with van der Waals surface area (Å²) in [4.78, 5) is 18.2. The van der Waals surface area contributed by atoms with Crippen LogP contribution >= 0.6 is 11.6 Å². The summed E-state index contributed by atoms with van der Waals surface area (Å²) < 4.78 is 11.5. The zero-order chi connectivity index (χ0) is 26.9.